The maximum absolute atomic E-state index is 5.81. The van der Waals surface area contributed by atoms with Crippen LogP contribution in [-0.2, 0) is 0 Å². The van der Waals surface area contributed by atoms with Crippen LogP contribution in [0, 0.1) is 0 Å². The van der Waals surface area contributed by atoms with Crippen LogP contribution in [0.1, 0.15) is 0 Å². The van der Waals surface area contributed by atoms with E-state index >= 15 is 0 Å². The molecule has 0 spiro atoms. The molecule has 0 amide bonds. The molecule has 0 aromatic heterocycles. The van der Waals surface area contributed by atoms with Gasteiger partial charge in [-0.2, -0.15) is 0 Å². The maximum atomic E-state index is 5.81. The summed E-state index contributed by atoms with van der Waals surface area (Å²) < 4.78 is 0. The second kappa shape index (κ2) is 5.90. The third-order valence-electron chi connectivity index (χ3n) is 1.50. The van der Waals surface area contributed by atoms with E-state index in [-0.39, 0.29) is 0 Å². The van der Waals surface area contributed by atoms with Crippen molar-refractivity contribution in [1.29, 1.82) is 0 Å². The predicted molar refractivity (Wildman–Crippen MR) is 59.8 cm³/mol. The molecule has 0 radical (unpaired) electrons. The van der Waals surface area contributed by atoms with Crippen molar-refractivity contribution in [2.24, 2.45) is 0 Å². The lowest BCUT2D eigenvalue weighted by Gasteiger charge is -2.02. The van der Waals surface area contributed by atoms with Crippen LogP contribution in [-0.4, -0.2) is 12.4 Å². The summed E-state index contributed by atoms with van der Waals surface area (Å²) in [7, 11) is 0. The molecule has 0 saturated heterocycles. The van der Waals surface area contributed by atoms with Crippen LogP contribution in [0.25, 0.3) is 0 Å². The van der Waals surface area contributed by atoms with Crippen molar-refractivity contribution >= 4 is 28.9 Å². The van der Waals surface area contributed by atoms with Crippen LogP contribution in [0.3, 0.4) is 0 Å². The van der Waals surface area contributed by atoms with Crippen LogP contribution in [0.15, 0.2) is 36.4 Å². The van der Waals surface area contributed by atoms with Gasteiger partial charge in [-0.15, -0.1) is 11.6 Å². The Morgan fingerprint density at radius 3 is 2.85 bits per heavy atom. The Hall–Kier alpha value is -0.660. The van der Waals surface area contributed by atoms with Crippen LogP contribution in [0.2, 0.25) is 5.02 Å². The van der Waals surface area contributed by atoms with Gasteiger partial charge in [-0.3, -0.25) is 0 Å². The molecule has 0 unspecified atom stereocenters. The zero-order chi connectivity index (χ0) is 9.52. The van der Waals surface area contributed by atoms with Gasteiger partial charge in [0.05, 0.1) is 0 Å². The Morgan fingerprint density at radius 1 is 1.31 bits per heavy atom. The first-order valence-electron chi connectivity index (χ1n) is 4.03. The number of hydrogen-bond acceptors (Lipinski definition) is 1. The smallest absolute Gasteiger partial charge is 0.0426 e. The number of nitrogens with one attached hydrogen (secondary N) is 1. The Labute approximate surface area is 88.4 Å². The summed E-state index contributed by atoms with van der Waals surface area (Å²) in [6.07, 6.45) is 3.88. The van der Waals surface area contributed by atoms with E-state index in [1.54, 1.807) is 0 Å². The largest absolute Gasteiger partial charge is 0.382 e. The van der Waals surface area contributed by atoms with Gasteiger partial charge in [-0.1, -0.05) is 29.8 Å². The maximum Gasteiger partial charge on any atom is 0.0426 e. The van der Waals surface area contributed by atoms with Crippen LogP contribution >= 0.6 is 23.2 Å². The van der Waals surface area contributed by atoms with E-state index in [1.807, 2.05) is 36.4 Å². The molecule has 0 atom stereocenters. The first-order chi connectivity index (χ1) is 6.33. The summed E-state index contributed by atoms with van der Waals surface area (Å²) >= 11 is 11.3. The zero-order valence-electron chi connectivity index (χ0n) is 7.13. The molecule has 3 heteroatoms. The van der Waals surface area contributed by atoms with Crippen LogP contribution < -0.4 is 5.32 Å². The van der Waals surface area contributed by atoms with E-state index in [0.717, 1.165) is 17.3 Å². The summed E-state index contributed by atoms with van der Waals surface area (Å²) in [5.74, 6) is 0.553. The zero-order valence-corrected chi connectivity index (χ0v) is 8.65. The number of alkyl halides is 1. The third kappa shape index (κ3) is 4.20. The molecule has 70 valence electrons. The molecule has 13 heavy (non-hydrogen) atoms. The van der Waals surface area contributed by atoms with E-state index in [1.165, 1.54) is 0 Å². The Kier molecular flexibility index (Phi) is 4.73. The fourth-order valence-corrected chi connectivity index (χ4v) is 1.24. The molecule has 1 rings (SSSR count). The van der Waals surface area contributed by atoms with E-state index in [2.05, 4.69) is 5.32 Å². The summed E-state index contributed by atoms with van der Waals surface area (Å²) in [4.78, 5) is 0. The lowest BCUT2D eigenvalue weighted by atomic mass is 10.3. The minimum Gasteiger partial charge on any atom is -0.382 e. The highest BCUT2D eigenvalue weighted by Gasteiger charge is 1.89. The number of anilines is 1. The monoisotopic (exact) mass is 215 g/mol. The highest BCUT2D eigenvalue weighted by Crippen LogP contribution is 2.14. The first-order valence-corrected chi connectivity index (χ1v) is 4.94. The van der Waals surface area contributed by atoms with Gasteiger partial charge in [0.2, 0.25) is 0 Å². The summed E-state index contributed by atoms with van der Waals surface area (Å²) in [5, 5.41) is 3.93. The van der Waals surface area contributed by atoms with Crippen molar-refractivity contribution in [2.75, 3.05) is 17.7 Å². The molecular weight excluding hydrogens is 205 g/mol. The van der Waals surface area contributed by atoms with Gasteiger partial charge in [0.15, 0.2) is 0 Å². The molecule has 1 aromatic carbocycles. The lowest BCUT2D eigenvalue weighted by molar-refractivity contribution is 1.33. The molecule has 0 bridgehead atoms. The van der Waals surface area contributed by atoms with Crippen molar-refractivity contribution in [2.45, 2.75) is 0 Å². The topological polar surface area (TPSA) is 12.0 Å². The second-order valence-corrected chi connectivity index (χ2v) is 3.26. The fourth-order valence-electron chi connectivity index (χ4n) is 0.922. The van der Waals surface area contributed by atoms with E-state index in [4.69, 9.17) is 23.2 Å². The Bertz CT molecular complexity index is 284. The van der Waals surface area contributed by atoms with Crippen molar-refractivity contribution in [3.63, 3.8) is 0 Å². The van der Waals surface area contributed by atoms with E-state index in [9.17, 15) is 0 Å². The van der Waals surface area contributed by atoms with Gasteiger partial charge >= 0.3 is 0 Å². The third-order valence-corrected chi connectivity index (χ3v) is 1.92. The lowest BCUT2D eigenvalue weighted by Crippen LogP contribution is -1.97. The van der Waals surface area contributed by atoms with Crippen molar-refractivity contribution in [3.8, 4) is 0 Å². The van der Waals surface area contributed by atoms with E-state index in [0.29, 0.717) is 5.88 Å². The number of allylic oxidation sites excluding steroid dienone is 1. The average Bonchev–Trinajstić information content (AvgIpc) is 2.13. The molecule has 1 nitrogen and oxygen atoms in total. The standard InChI is InChI=1S/C10H11Cl2N/c11-6-1-2-7-13-10-5-3-4-9(12)8-10/h1-5,8,13H,6-7H2/b2-1+. The van der Waals surface area contributed by atoms with Gasteiger partial charge in [0.25, 0.3) is 0 Å². The molecular formula is C10H11Cl2N. The first kappa shape index (κ1) is 10.4. The van der Waals surface area contributed by atoms with Gasteiger partial charge in [0.1, 0.15) is 0 Å². The van der Waals surface area contributed by atoms with Crippen molar-refractivity contribution < 1.29 is 0 Å². The molecule has 0 saturated carbocycles. The molecule has 1 N–H and O–H groups in total. The normalized spacial score (nSPS) is 10.6. The second-order valence-electron chi connectivity index (χ2n) is 2.52. The quantitative estimate of drug-likeness (QED) is 0.599. The van der Waals surface area contributed by atoms with Crippen LogP contribution in [0.5, 0.6) is 0 Å². The summed E-state index contributed by atoms with van der Waals surface area (Å²) in [5.41, 5.74) is 1.02. The number of hydrogen-bond donors (Lipinski definition) is 1. The SMILES string of the molecule is ClC/C=C/CNc1cccc(Cl)c1. The summed E-state index contributed by atoms with van der Waals surface area (Å²) in [6, 6.07) is 7.62. The molecule has 0 heterocycles. The van der Waals surface area contributed by atoms with Gasteiger partial charge in [-0.05, 0) is 18.2 Å². The average molecular weight is 216 g/mol. The van der Waals surface area contributed by atoms with Crippen LogP contribution in [0.4, 0.5) is 5.69 Å². The predicted octanol–water partition coefficient (Wildman–Crippen LogP) is 3.55. The minimum absolute atomic E-state index is 0.553. The highest BCUT2D eigenvalue weighted by atomic mass is 35.5. The Balaban J connectivity index is 2.41. The molecule has 0 aliphatic carbocycles. The van der Waals surface area contributed by atoms with Crippen molar-refractivity contribution in [1.82, 2.24) is 0 Å². The van der Waals surface area contributed by atoms with E-state index < -0.39 is 0 Å². The minimum atomic E-state index is 0.553. The fraction of sp³-hybridized carbons (Fsp3) is 0.200. The Morgan fingerprint density at radius 2 is 2.15 bits per heavy atom. The summed E-state index contributed by atoms with van der Waals surface area (Å²) in [6.45, 7) is 0.771. The number of rotatable bonds is 4. The van der Waals surface area contributed by atoms with Gasteiger partial charge < -0.3 is 5.32 Å². The molecule has 1 aromatic rings. The highest BCUT2D eigenvalue weighted by molar-refractivity contribution is 6.30. The van der Waals surface area contributed by atoms with Gasteiger partial charge in [-0.25, -0.2) is 0 Å². The molecule has 0 aliphatic rings. The molecule has 0 aliphatic heterocycles. The molecule has 0 fully saturated rings. The number of benzene rings is 1. The van der Waals surface area contributed by atoms with Crippen molar-refractivity contribution in [3.05, 3.63) is 41.4 Å². The van der Waals surface area contributed by atoms with Gasteiger partial charge in [0, 0.05) is 23.1 Å². The number of halogens is 2.